The number of aliphatic hydroxyl groups is 1. The molecular formula is C24H46N2O7. The molecule has 1 amide bonds. The van der Waals surface area contributed by atoms with Crippen LogP contribution >= 0.6 is 0 Å². The fraction of sp³-hybridized carbons (Fsp3) is 0.958. The van der Waals surface area contributed by atoms with E-state index in [1.54, 1.807) is 14.0 Å². The monoisotopic (exact) mass is 474 g/mol. The Bertz CT molecular complexity index is 545. The number of β-amino-alcohol motifs (C(OH)–C–C–N with tert-alkyl or cyclic N) is 1. The number of hydrogen-bond acceptors (Lipinski definition) is 8. The number of carbonyl (C=O) groups excluding carboxylic acids is 1. The number of aliphatic hydroxyl groups excluding tert-OH is 1. The van der Waals surface area contributed by atoms with Crippen LogP contribution in [0.4, 0.5) is 4.79 Å². The molecule has 2 N–H and O–H groups in total. The lowest BCUT2D eigenvalue weighted by Gasteiger charge is -2.37. The number of amides is 1. The minimum Gasteiger partial charge on any atom is -0.444 e. The van der Waals surface area contributed by atoms with Gasteiger partial charge in [-0.1, -0.05) is 32.1 Å². The summed E-state index contributed by atoms with van der Waals surface area (Å²) in [5.41, 5.74) is -0.612. The maximum absolute atomic E-state index is 12.7. The summed E-state index contributed by atoms with van der Waals surface area (Å²) in [7, 11) is 1.56. The third kappa shape index (κ3) is 11.3. The van der Waals surface area contributed by atoms with Gasteiger partial charge in [-0.25, -0.2) is 4.79 Å². The molecule has 9 nitrogen and oxygen atoms in total. The van der Waals surface area contributed by atoms with Crippen molar-refractivity contribution in [1.29, 1.82) is 0 Å². The molecule has 0 aromatic rings. The molecule has 1 heterocycles. The number of rotatable bonds is 12. The smallest absolute Gasteiger partial charge is 0.407 e. The SMILES string of the molecule is COC(C)OCO[C@H]([C@H](CC1CCCCC1)NC(=O)OC(C)(C)C)[C@@H](O)CN1CCOCC1. The first kappa shape index (κ1) is 28.3. The van der Waals surface area contributed by atoms with Crippen LogP contribution in [-0.2, 0) is 23.7 Å². The van der Waals surface area contributed by atoms with Gasteiger partial charge in [0.2, 0.25) is 0 Å². The van der Waals surface area contributed by atoms with Crippen molar-refractivity contribution in [2.24, 2.45) is 5.92 Å². The topological polar surface area (TPSA) is 98.7 Å². The van der Waals surface area contributed by atoms with Crippen LogP contribution < -0.4 is 5.32 Å². The van der Waals surface area contributed by atoms with Crippen LogP contribution in [0.2, 0.25) is 0 Å². The number of carbonyl (C=O) groups is 1. The van der Waals surface area contributed by atoms with Crippen LogP contribution in [0.1, 0.15) is 66.2 Å². The van der Waals surface area contributed by atoms with Gasteiger partial charge in [-0.15, -0.1) is 0 Å². The Kier molecular flexibility index (Phi) is 12.4. The predicted octanol–water partition coefficient (Wildman–Crippen LogP) is 2.89. The largest absolute Gasteiger partial charge is 0.444 e. The van der Waals surface area contributed by atoms with Crippen molar-refractivity contribution in [1.82, 2.24) is 10.2 Å². The van der Waals surface area contributed by atoms with Gasteiger partial charge in [-0.3, -0.25) is 4.90 Å². The molecule has 194 valence electrons. The molecule has 2 aliphatic rings. The number of hydrogen-bond donors (Lipinski definition) is 2. The second-order valence-corrected chi connectivity index (χ2v) is 10.2. The standard InChI is InChI=1S/C24H46N2O7/c1-18(29-5)31-17-32-22(21(27)16-26-11-13-30-14-12-26)20(15-19-9-7-6-8-10-19)25-23(28)33-24(2,3)4/h18-22,27H,6-17H2,1-5H3,(H,25,28)/t18?,20-,21-,22+/m0/s1. The second kappa shape index (κ2) is 14.4. The minimum absolute atomic E-state index is 0.0446. The zero-order chi connectivity index (χ0) is 24.3. The Hall–Kier alpha value is -0.970. The van der Waals surface area contributed by atoms with Crippen LogP contribution in [-0.4, -0.2) is 93.0 Å². The third-order valence-electron chi connectivity index (χ3n) is 6.23. The van der Waals surface area contributed by atoms with E-state index in [1.807, 2.05) is 20.8 Å². The van der Waals surface area contributed by atoms with Crippen molar-refractivity contribution < 1.29 is 33.6 Å². The molecule has 9 heteroatoms. The molecule has 1 aliphatic carbocycles. The number of nitrogens with zero attached hydrogens (tertiary/aromatic N) is 1. The summed E-state index contributed by atoms with van der Waals surface area (Å²) in [6.45, 7) is 10.5. The fourth-order valence-corrected chi connectivity index (χ4v) is 4.45. The number of ether oxygens (including phenoxy) is 5. The Morgan fingerprint density at radius 3 is 2.42 bits per heavy atom. The van der Waals surface area contributed by atoms with Crippen molar-refractivity contribution >= 4 is 6.09 Å². The molecule has 0 aromatic heterocycles. The number of morpholine rings is 1. The van der Waals surface area contributed by atoms with Crippen LogP contribution in [0, 0.1) is 5.92 Å². The molecule has 2 rings (SSSR count). The predicted molar refractivity (Wildman–Crippen MR) is 125 cm³/mol. The first-order valence-corrected chi connectivity index (χ1v) is 12.4. The lowest BCUT2D eigenvalue weighted by molar-refractivity contribution is -0.206. The van der Waals surface area contributed by atoms with Gasteiger partial charge in [0.25, 0.3) is 0 Å². The molecule has 0 bridgehead atoms. The molecular weight excluding hydrogens is 428 g/mol. The molecule has 1 saturated carbocycles. The summed E-state index contributed by atoms with van der Waals surface area (Å²) in [6.07, 6.45) is 4.22. The highest BCUT2D eigenvalue weighted by Crippen LogP contribution is 2.29. The van der Waals surface area contributed by atoms with E-state index < -0.39 is 36.2 Å². The van der Waals surface area contributed by atoms with Crippen LogP contribution in [0.15, 0.2) is 0 Å². The summed E-state index contributed by atoms with van der Waals surface area (Å²) in [5, 5.41) is 14.3. The summed E-state index contributed by atoms with van der Waals surface area (Å²) in [6, 6.07) is -0.402. The van der Waals surface area contributed by atoms with E-state index in [9.17, 15) is 9.90 Å². The quantitative estimate of drug-likeness (QED) is 0.417. The molecule has 1 saturated heterocycles. The highest BCUT2D eigenvalue weighted by atomic mass is 16.7. The number of nitrogens with one attached hydrogen (secondary N) is 1. The molecule has 33 heavy (non-hydrogen) atoms. The van der Waals surface area contributed by atoms with E-state index in [1.165, 1.54) is 19.3 Å². The van der Waals surface area contributed by atoms with Crippen molar-refractivity contribution in [3.8, 4) is 0 Å². The van der Waals surface area contributed by atoms with Crippen LogP contribution in [0.25, 0.3) is 0 Å². The highest BCUT2D eigenvalue weighted by molar-refractivity contribution is 5.68. The molecule has 1 aliphatic heterocycles. The van der Waals surface area contributed by atoms with Gasteiger partial charge in [-0.2, -0.15) is 0 Å². The minimum atomic E-state index is -0.812. The van der Waals surface area contributed by atoms with E-state index in [0.717, 1.165) is 32.4 Å². The van der Waals surface area contributed by atoms with Crippen molar-refractivity contribution in [2.45, 2.75) is 96.4 Å². The van der Waals surface area contributed by atoms with Crippen molar-refractivity contribution in [3.05, 3.63) is 0 Å². The summed E-state index contributed by atoms with van der Waals surface area (Å²) >= 11 is 0. The molecule has 0 radical (unpaired) electrons. The van der Waals surface area contributed by atoms with Gasteiger partial charge in [0.05, 0.1) is 25.4 Å². The Balaban J connectivity index is 2.14. The van der Waals surface area contributed by atoms with Gasteiger partial charge in [-0.05, 0) is 40.0 Å². The molecule has 0 spiro atoms. The zero-order valence-electron chi connectivity index (χ0n) is 21.2. The molecule has 4 atom stereocenters. The molecule has 2 fully saturated rings. The Morgan fingerprint density at radius 2 is 1.82 bits per heavy atom. The summed E-state index contributed by atoms with van der Waals surface area (Å²) in [4.78, 5) is 14.9. The van der Waals surface area contributed by atoms with Crippen LogP contribution in [0.3, 0.4) is 0 Å². The summed E-state index contributed by atoms with van der Waals surface area (Å²) in [5.74, 6) is 0.471. The summed E-state index contributed by atoms with van der Waals surface area (Å²) < 4.78 is 27.7. The van der Waals surface area contributed by atoms with Gasteiger partial charge in [0.1, 0.15) is 18.5 Å². The van der Waals surface area contributed by atoms with E-state index in [4.69, 9.17) is 23.7 Å². The third-order valence-corrected chi connectivity index (χ3v) is 6.23. The van der Waals surface area contributed by atoms with Gasteiger partial charge in [0, 0.05) is 26.7 Å². The van der Waals surface area contributed by atoms with E-state index >= 15 is 0 Å². The van der Waals surface area contributed by atoms with Crippen molar-refractivity contribution in [3.63, 3.8) is 0 Å². The highest BCUT2D eigenvalue weighted by Gasteiger charge is 2.35. The first-order valence-electron chi connectivity index (χ1n) is 12.4. The average molecular weight is 475 g/mol. The number of alkyl carbamates (subject to hydrolysis) is 1. The van der Waals surface area contributed by atoms with Crippen molar-refractivity contribution in [2.75, 3.05) is 46.8 Å². The Labute approximate surface area is 199 Å². The normalized spacial score (nSPS) is 22.4. The Morgan fingerprint density at radius 1 is 1.15 bits per heavy atom. The van der Waals surface area contributed by atoms with E-state index in [2.05, 4.69) is 10.2 Å². The van der Waals surface area contributed by atoms with Gasteiger partial charge < -0.3 is 34.1 Å². The first-order chi connectivity index (χ1) is 15.7. The fourth-order valence-electron chi connectivity index (χ4n) is 4.45. The van der Waals surface area contributed by atoms with E-state index in [0.29, 0.717) is 25.7 Å². The van der Waals surface area contributed by atoms with Crippen LogP contribution in [0.5, 0.6) is 0 Å². The maximum atomic E-state index is 12.7. The van der Waals surface area contributed by atoms with Gasteiger partial charge >= 0.3 is 6.09 Å². The average Bonchev–Trinajstić information content (AvgIpc) is 2.76. The number of methoxy groups -OCH3 is 1. The van der Waals surface area contributed by atoms with E-state index in [-0.39, 0.29) is 6.79 Å². The second-order valence-electron chi connectivity index (χ2n) is 10.2. The zero-order valence-corrected chi connectivity index (χ0v) is 21.2. The molecule has 0 aromatic carbocycles. The maximum Gasteiger partial charge on any atom is 0.407 e. The lowest BCUT2D eigenvalue weighted by atomic mass is 9.83. The van der Waals surface area contributed by atoms with Gasteiger partial charge in [0.15, 0.2) is 6.29 Å². The lowest BCUT2D eigenvalue weighted by Crippen LogP contribution is -2.55. The molecule has 1 unspecified atom stereocenters.